The van der Waals surface area contributed by atoms with E-state index in [0.29, 0.717) is 5.92 Å². The first kappa shape index (κ1) is 18.5. The molecular formula is C18H31NOS. The predicted octanol–water partition coefficient (Wildman–Crippen LogP) is 4.65. The van der Waals surface area contributed by atoms with Gasteiger partial charge in [0.15, 0.2) is 0 Å². The Bertz CT molecular complexity index is 360. The van der Waals surface area contributed by atoms with E-state index in [1.165, 1.54) is 29.2 Å². The van der Waals surface area contributed by atoms with Gasteiger partial charge in [0, 0.05) is 30.3 Å². The third-order valence-electron chi connectivity index (χ3n) is 3.84. The zero-order chi connectivity index (χ0) is 15.5. The summed E-state index contributed by atoms with van der Waals surface area (Å²) in [5.74, 6) is 1.84. The van der Waals surface area contributed by atoms with Gasteiger partial charge in [0.05, 0.1) is 13.2 Å². The standard InChI is InChI=1S/C16H25NOS.C2H6/c1-3-14(2)15-4-6-16(7-5-15)19-13-10-17-8-11-18-12-9-17;1-2/h4-7,14H,3,8-13H2,1-2H3;1-2H3. The molecule has 0 bridgehead atoms. The number of rotatable bonds is 6. The molecule has 0 radical (unpaired) electrons. The molecule has 2 rings (SSSR count). The summed E-state index contributed by atoms with van der Waals surface area (Å²) in [5.41, 5.74) is 1.46. The van der Waals surface area contributed by atoms with Gasteiger partial charge in [-0.2, -0.15) is 0 Å². The van der Waals surface area contributed by atoms with E-state index in [4.69, 9.17) is 4.74 Å². The quantitative estimate of drug-likeness (QED) is 0.710. The van der Waals surface area contributed by atoms with Gasteiger partial charge in [0.25, 0.3) is 0 Å². The molecule has 1 fully saturated rings. The van der Waals surface area contributed by atoms with Gasteiger partial charge in [-0.15, -0.1) is 11.8 Å². The molecule has 1 heterocycles. The fourth-order valence-electron chi connectivity index (χ4n) is 2.25. The smallest absolute Gasteiger partial charge is 0.0594 e. The van der Waals surface area contributed by atoms with Crippen LogP contribution in [0, 0.1) is 0 Å². The fourth-order valence-corrected chi connectivity index (χ4v) is 3.16. The maximum absolute atomic E-state index is 5.36. The summed E-state index contributed by atoms with van der Waals surface area (Å²) in [6.07, 6.45) is 1.21. The van der Waals surface area contributed by atoms with Crippen LogP contribution in [0.5, 0.6) is 0 Å². The molecule has 0 spiro atoms. The lowest BCUT2D eigenvalue weighted by atomic mass is 9.99. The lowest BCUT2D eigenvalue weighted by molar-refractivity contribution is 0.0410. The van der Waals surface area contributed by atoms with Crippen LogP contribution in [0.15, 0.2) is 29.2 Å². The van der Waals surface area contributed by atoms with Crippen molar-refractivity contribution in [3.05, 3.63) is 29.8 Å². The lowest BCUT2D eigenvalue weighted by Crippen LogP contribution is -2.37. The first-order valence-electron chi connectivity index (χ1n) is 8.32. The van der Waals surface area contributed by atoms with E-state index >= 15 is 0 Å². The average Bonchev–Trinajstić information content (AvgIpc) is 2.57. The summed E-state index contributed by atoms with van der Waals surface area (Å²) < 4.78 is 5.36. The van der Waals surface area contributed by atoms with Gasteiger partial charge in [-0.05, 0) is 30.0 Å². The van der Waals surface area contributed by atoms with Crippen LogP contribution in [-0.2, 0) is 4.74 Å². The Morgan fingerprint density at radius 1 is 1.14 bits per heavy atom. The van der Waals surface area contributed by atoms with E-state index in [1.54, 1.807) is 0 Å². The molecule has 1 aromatic carbocycles. The second-order valence-corrected chi connectivity index (χ2v) is 6.35. The number of ether oxygens (including phenoxy) is 1. The van der Waals surface area contributed by atoms with Gasteiger partial charge in [-0.25, -0.2) is 0 Å². The van der Waals surface area contributed by atoms with Crippen LogP contribution >= 0.6 is 11.8 Å². The van der Waals surface area contributed by atoms with Gasteiger partial charge in [0.2, 0.25) is 0 Å². The Kier molecular flexibility index (Phi) is 9.81. The van der Waals surface area contributed by atoms with Crippen molar-refractivity contribution in [2.45, 2.75) is 44.9 Å². The molecule has 1 aliphatic rings. The van der Waals surface area contributed by atoms with Crippen LogP contribution in [0.2, 0.25) is 0 Å². The first-order valence-corrected chi connectivity index (χ1v) is 9.31. The van der Waals surface area contributed by atoms with Crippen molar-refractivity contribution in [3.63, 3.8) is 0 Å². The minimum absolute atomic E-state index is 0.674. The van der Waals surface area contributed by atoms with E-state index in [-0.39, 0.29) is 0 Å². The molecule has 2 nitrogen and oxygen atoms in total. The molecule has 0 saturated carbocycles. The van der Waals surface area contributed by atoms with Crippen LogP contribution < -0.4 is 0 Å². The topological polar surface area (TPSA) is 12.5 Å². The Hall–Kier alpha value is -0.510. The molecule has 1 unspecified atom stereocenters. The second-order valence-electron chi connectivity index (χ2n) is 5.18. The molecule has 0 aliphatic carbocycles. The molecule has 120 valence electrons. The predicted molar refractivity (Wildman–Crippen MR) is 94.5 cm³/mol. The molecule has 1 aromatic rings. The van der Waals surface area contributed by atoms with Crippen molar-refractivity contribution >= 4 is 11.8 Å². The highest BCUT2D eigenvalue weighted by Crippen LogP contribution is 2.23. The number of benzene rings is 1. The van der Waals surface area contributed by atoms with E-state index < -0.39 is 0 Å². The number of nitrogens with zero attached hydrogens (tertiary/aromatic N) is 1. The molecule has 21 heavy (non-hydrogen) atoms. The Labute approximate surface area is 135 Å². The third-order valence-corrected chi connectivity index (χ3v) is 4.83. The fraction of sp³-hybridized carbons (Fsp3) is 0.667. The number of morpholine rings is 1. The summed E-state index contributed by atoms with van der Waals surface area (Å²) in [5, 5.41) is 0. The molecule has 1 atom stereocenters. The maximum atomic E-state index is 5.36. The summed E-state index contributed by atoms with van der Waals surface area (Å²) >= 11 is 1.96. The zero-order valence-corrected chi connectivity index (χ0v) is 14.9. The van der Waals surface area contributed by atoms with Crippen LogP contribution in [0.1, 0.15) is 45.6 Å². The zero-order valence-electron chi connectivity index (χ0n) is 14.1. The van der Waals surface area contributed by atoms with Crippen molar-refractivity contribution in [3.8, 4) is 0 Å². The van der Waals surface area contributed by atoms with E-state index in [1.807, 2.05) is 25.6 Å². The van der Waals surface area contributed by atoms with Crippen LogP contribution in [0.25, 0.3) is 0 Å². The van der Waals surface area contributed by atoms with Crippen molar-refractivity contribution in [2.24, 2.45) is 0 Å². The first-order chi connectivity index (χ1) is 10.3. The van der Waals surface area contributed by atoms with Crippen molar-refractivity contribution in [1.82, 2.24) is 4.90 Å². The minimum Gasteiger partial charge on any atom is -0.379 e. The van der Waals surface area contributed by atoms with Crippen LogP contribution in [0.3, 0.4) is 0 Å². The lowest BCUT2D eigenvalue weighted by Gasteiger charge is -2.26. The van der Waals surface area contributed by atoms with Gasteiger partial charge in [-0.3, -0.25) is 4.90 Å². The molecule has 1 saturated heterocycles. The summed E-state index contributed by atoms with van der Waals surface area (Å²) in [4.78, 5) is 3.88. The Morgan fingerprint density at radius 2 is 1.76 bits per heavy atom. The van der Waals surface area contributed by atoms with Gasteiger partial charge < -0.3 is 4.74 Å². The molecule has 3 heteroatoms. The molecule has 0 N–H and O–H groups in total. The minimum atomic E-state index is 0.674. The second kappa shape index (κ2) is 11.1. The molecule has 0 amide bonds. The Morgan fingerprint density at radius 3 is 2.33 bits per heavy atom. The van der Waals surface area contributed by atoms with Crippen molar-refractivity contribution in [1.29, 1.82) is 0 Å². The molecule has 0 aromatic heterocycles. The Balaban J connectivity index is 0.00000106. The SMILES string of the molecule is CC.CCC(C)c1ccc(SCCN2CCOCC2)cc1. The van der Waals surface area contributed by atoms with Crippen molar-refractivity contribution < 1.29 is 4.74 Å². The molecule has 1 aliphatic heterocycles. The summed E-state index contributed by atoms with van der Waals surface area (Å²) in [6, 6.07) is 9.10. The summed E-state index contributed by atoms with van der Waals surface area (Å²) in [6.45, 7) is 13.7. The van der Waals surface area contributed by atoms with E-state index in [2.05, 4.69) is 43.0 Å². The largest absolute Gasteiger partial charge is 0.379 e. The average molecular weight is 310 g/mol. The molecular weight excluding hydrogens is 278 g/mol. The number of thioether (sulfide) groups is 1. The van der Waals surface area contributed by atoms with Crippen LogP contribution in [0.4, 0.5) is 0 Å². The van der Waals surface area contributed by atoms with Gasteiger partial charge >= 0.3 is 0 Å². The third kappa shape index (κ3) is 6.86. The summed E-state index contributed by atoms with van der Waals surface area (Å²) in [7, 11) is 0. The van der Waals surface area contributed by atoms with E-state index in [0.717, 1.165) is 26.3 Å². The number of hydrogen-bond donors (Lipinski definition) is 0. The normalized spacial score (nSPS) is 17.0. The maximum Gasteiger partial charge on any atom is 0.0594 e. The van der Waals surface area contributed by atoms with E-state index in [9.17, 15) is 0 Å². The monoisotopic (exact) mass is 309 g/mol. The highest BCUT2D eigenvalue weighted by molar-refractivity contribution is 7.99. The number of hydrogen-bond acceptors (Lipinski definition) is 3. The van der Waals surface area contributed by atoms with Crippen molar-refractivity contribution in [2.75, 3.05) is 38.6 Å². The highest BCUT2D eigenvalue weighted by Gasteiger charge is 2.09. The van der Waals surface area contributed by atoms with Gasteiger partial charge in [0.1, 0.15) is 0 Å². The van der Waals surface area contributed by atoms with Gasteiger partial charge in [-0.1, -0.05) is 39.8 Å². The highest BCUT2D eigenvalue weighted by atomic mass is 32.2. The van der Waals surface area contributed by atoms with Crippen LogP contribution in [-0.4, -0.2) is 43.5 Å².